The fourth-order valence-corrected chi connectivity index (χ4v) is 5.52. The SMILES string of the molecule is COC(=O)c1ccc(C(C)Sc2nc3scc(-c4cccs4)c3c(=O)n2C)o1. The third-order valence-corrected chi connectivity index (χ3v) is 7.19. The van der Waals surface area contributed by atoms with E-state index in [1.165, 1.54) is 30.2 Å². The molecule has 4 rings (SSSR count). The Kier molecular flexibility index (Phi) is 5.13. The van der Waals surface area contributed by atoms with E-state index >= 15 is 0 Å². The van der Waals surface area contributed by atoms with Crippen LogP contribution in [0.3, 0.4) is 0 Å². The van der Waals surface area contributed by atoms with Crippen LogP contribution in [0, 0.1) is 0 Å². The maximum atomic E-state index is 13.0. The van der Waals surface area contributed by atoms with Crippen molar-refractivity contribution in [1.82, 2.24) is 9.55 Å². The highest BCUT2D eigenvalue weighted by Crippen LogP contribution is 2.37. The highest BCUT2D eigenvalue weighted by atomic mass is 32.2. The summed E-state index contributed by atoms with van der Waals surface area (Å²) >= 11 is 4.48. The van der Waals surface area contributed by atoms with E-state index in [1.807, 2.05) is 29.8 Å². The van der Waals surface area contributed by atoms with Gasteiger partial charge < -0.3 is 9.15 Å². The number of furan rings is 1. The summed E-state index contributed by atoms with van der Waals surface area (Å²) in [5, 5.41) is 5.09. The second-order valence-electron chi connectivity index (χ2n) is 6.02. The largest absolute Gasteiger partial charge is 0.463 e. The van der Waals surface area contributed by atoms with E-state index in [4.69, 9.17) is 9.40 Å². The molecule has 4 aromatic rings. The number of esters is 1. The molecule has 4 heterocycles. The van der Waals surface area contributed by atoms with Gasteiger partial charge in [0.1, 0.15) is 10.6 Å². The molecule has 1 atom stereocenters. The zero-order valence-corrected chi connectivity index (χ0v) is 17.7. The number of ether oxygens (including phenoxy) is 1. The van der Waals surface area contributed by atoms with Crippen LogP contribution in [0.5, 0.6) is 0 Å². The Labute approximate surface area is 172 Å². The average Bonchev–Trinajstić information content (AvgIpc) is 3.44. The maximum Gasteiger partial charge on any atom is 0.373 e. The van der Waals surface area contributed by atoms with Crippen molar-refractivity contribution in [1.29, 1.82) is 0 Å². The predicted molar refractivity (Wildman–Crippen MR) is 112 cm³/mol. The normalized spacial score (nSPS) is 12.4. The van der Waals surface area contributed by atoms with Crippen LogP contribution < -0.4 is 5.56 Å². The number of fused-ring (bicyclic) bond motifs is 1. The summed E-state index contributed by atoms with van der Waals surface area (Å²) < 4.78 is 11.8. The second kappa shape index (κ2) is 7.57. The maximum absolute atomic E-state index is 13.0. The number of thioether (sulfide) groups is 1. The van der Waals surface area contributed by atoms with Crippen molar-refractivity contribution >= 4 is 50.6 Å². The van der Waals surface area contributed by atoms with Crippen molar-refractivity contribution < 1.29 is 13.9 Å². The number of hydrogen-bond acceptors (Lipinski definition) is 8. The summed E-state index contributed by atoms with van der Waals surface area (Å²) in [6.45, 7) is 1.94. The number of methoxy groups -OCH3 is 1. The minimum Gasteiger partial charge on any atom is -0.463 e. The highest BCUT2D eigenvalue weighted by Gasteiger charge is 2.21. The molecule has 0 fully saturated rings. The minimum absolute atomic E-state index is 0.0703. The van der Waals surface area contributed by atoms with Crippen LogP contribution in [0.15, 0.2) is 49.4 Å². The van der Waals surface area contributed by atoms with Gasteiger partial charge in [-0.1, -0.05) is 17.8 Å². The van der Waals surface area contributed by atoms with Crippen molar-refractivity contribution in [3.63, 3.8) is 0 Å². The highest BCUT2D eigenvalue weighted by molar-refractivity contribution is 7.99. The third-order valence-electron chi connectivity index (χ3n) is 4.26. The Morgan fingerprint density at radius 2 is 2.14 bits per heavy atom. The minimum atomic E-state index is -0.518. The number of nitrogens with zero attached hydrogens (tertiary/aromatic N) is 2. The summed E-state index contributed by atoms with van der Waals surface area (Å²) in [6.07, 6.45) is 0. The molecule has 0 bridgehead atoms. The Morgan fingerprint density at radius 1 is 1.32 bits per heavy atom. The van der Waals surface area contributed by atoms with E-state index in [0.717, 1.165) is 15.3 Å². The summed E-state index contributed by atoms with van der Waals surface area (Å²) in [6, 6.07) is 7.30. The Morgan fingerprint density at radius 3 is 2.86 bits per heavy atom. The monoisotopic (exact) mass is 432 g/mol. The number of aromatic nitrogens is 2. The second-order valence-corrected chi connectivity index (χ2v) is 9.13. The molecular formula is C19H16N2O4S3. The van der Waals surface area contributed by atoms with Crippen LogP contribution in [0.4, 0.5) is 0 Å². The van der Waals surface area contributed by atoms with Crippen LogP contribution in [-0.4, -0.2) is 22.6 Å². The fourth-order valence-electron chi connectivity index (χ4n) is 2.77. The molecular weight excluding hydrogens is 416 g/mol. The lowest BCUT2D eigenvalue weighted by Gasteiger charge is -2.11. The van der Waals surface area contributed by atoms with Crippen LogP contribution in [0.1, 0.15) is 28.5 Å². The van der Waals surface area contributed by atoms with Gasteiger partial charge in [0.05, 0.1) is 17.7 Å². The van der Waals surface area contributed by atoms with Crippen molar-refractivity contribution in [2.75, 3.05) is 7.11 Å². The van der Waals surface area contributed by atoms with Gasteiger partial charge in [-0.3, -0.25) is 9.36 Å². The molecule has 28 heavy (non-hydrogen) atoms. The van der Waals surface area contributed by atoms with Crippen LogP contribution >= 0.6 is 34.4 Å². The molecule has 0 aromatic carbocycles. The number of rotatable bonds is 5. The van der Waals surface area contributed by atoms with Gasteiger partial charge in [0, 0.05) is 22.9 Å². The quantitative estimate of drug-likeness (QED) is 0.252. The Hall–Kier alpha value is -2.36. The molecule has 0 aliphatic heterocycles. The fraction of sp³-hybridized carbons (Fsp3) is 0.211. The molecule has 0 spiro atoms. The number of carbonyl (C=O) groups is 1. The smallest absolute Gasteiger partial charge is 0.373 e. The average molecular weight is 433 g/mol. The first-order chi connectivity index (χ1) is 13.5. The summed E-state index contributed by atoms with van der Waals surface area (Å²) in [5.74, 6) is 0.251. The lowest BCUT2D eigenvalue weighted by atomic mass is 10.2. The van der Waals surface area contributed by atoms with Gasteiger partial charge in [0.15, 0.2) is 5.16 Å². The molecule has 0 amide bonds. The lowest BCUT2D eigenvalue weighted by molar-refractivity contribution is 0.0563. The zero-order valence-electron chi connectivity index (χ0n) is 15.3. The van der Waals surface area contributed by atoms with Gasteiger partial charge in [0.2, 0.25) is 5.76 Å². The standard InChI is InChI=1S/C19H16N2O4S3/c1-10(12-6-7-13(25-12)18(23)24-3)28-19-20-16-15(17(22)21(19)2)11(9-27-16)14-5-4-8-26-14/h4-10H,1-3H3. The van der Waals surface area contributed by atoms with E-state index in [9.17, 15) is 9.59 Å². The van der Waals surface area contributed by atoms with Crippen molar-refractivity contribution in [3.8, 4) is 10.4 Å². The Bertz CT molecular complexity index is 1200. The van der Waals surface area contributed by atoms with Gasteiger partial charge in [-0.05, 0) is 30.5 Å². The van der Waals surface area contributed by atoms with E-state index in [1.54, 1.807) is 35.1 Å². The molecule has 0 aliphatic carbocycles. The lowest BCUT2D eigenvalue weighted by Crippen LogP contribution is -2.19. The first-order valence-corrected chi connectivity index (χ1v) is 11.0. The summed E-state index contributed by atoms with van der Waals surface area (Å²) in [4.78, 5) is 31.1. The van der Waals surface area contributed by atoms with E-state index in [-0.39, 0.29) is 16.6 Å². The number of hydrogen-bond donors (Lipinski definition) is 0. The molecule has 0 radical (unpaired) electrons. The molecule has 6 nitrogen and oxygen atoms in total. The van der Waals surface area contributed by atoms with Crippen molar-refractivity contribution in [3.05, 3.63) is 56.9 Å². The first-order valence-electron chi connectivity index (χ1n) is 8.36. The molecule has 0 N–H and O–H groups in total. The van der Waals surface area contributed by atoms with Crippen molar-refractivity contribution in [2.45, 2.75) is 17.3 Å². The van der Waals surface area contributed by atoms with Gasteiger partial charge in [0.25, 0.3) is 5.56 Å². The van der Waals surface area contributed by atoms with Crippen LogP contribution in [0.2, 0.25) is 0 Å². The predicted octanol–water partition coefficient (Wildman–Crippen LogP) is 4.96. The molecule has 144 valence electrons. The molecule has 0 saturated carbocycles. The molecule has 4 aromatic heterocycles. The van der Waals surface area contributed by atoms with E-state index in [0.29, 0.717) is 16.3 Å². The zero-order chi connectivity index (χ0) is 19.8. The van der Waals surface area contributed by atoms with Gasteiger partial charge >= 0.3 is 5.97 Å². The van der Waals surface area contributed by atoms with E-state index < -0.39 is 5.97 Å². The van der Waals surface area contributed by atoms with Gasteiger partial charge in [-0.15, -0.1) is 22.7 Å². The number of carbonyl (C=O) groups excluding carboxylic acids is 1. The summed E-state index contributed by atoms with van der Waals surface area (Å²) in [5.41, 5.74) is 0.862. The van der Waals surface area contributed by atoms with Crippen LogP contribution in [0.25, 0.3) is 20.7 Å². The molecule has 0 aliphatic rings. The van der Waals surface area contributed by atoms with Gasteiger partial charge in [-0.25, -0.2) is 9.78 Å². The van der Waals surface area contributed by atoms with Crippen LogP contribution in [-0.2, 0) is 11.8 Å². The van der Waals surface area contributed by atoms with E-state index in [2.05, 4.69) is 4.74 Å². The molecule has 0 saturated heterocycles. The topological polar surface area (TPSA) is 74.3 Å². The van der Waals surface area contributed by atoms with Crippen molar-refractivity contribution in [2.24, 2.45) is 7.05 Å². The van der Waals surface area contributed by atoms with Gasteiger partial charge in [-0.2, -0.15) is 0 Å². The molecule has 1 unspecified atom stereocenters. The first kappa shape index (κ1) is 19.0. The third kappa shape index (κ3) is 3.30. The Balaban J connectivity index is 1.68. The summed E-state index contributed by atoms with van der Waals surface area (Å²) in [7, 11) is 3.03. The number of thiophene rings is 2. The molecule has 9 heteroatoms.